The molecule has 3 aliphatic rings. The number of hydrogen-bond donors (Lipinski definition) is 1. The molecule has 4 nitrogen and oxygen atoms in total. The van der Waals surface area contributed by atoms with Crippen LogP contribution in [-0.2, 0) is 4.79 Å². The summed E-state index contributed by atoms with van der Waals surface area (Å²) in [6.45, 7) is 2.05. The molecule has 0 bridgehead atoms. The molecule has 110 valence electrons. The lowest BCUT2D eigenvalue weighted by atomic mass is 10.1. The van der Waals surface area contributed by atoms with Crippen molar-refractivity contribution in [2.75, 3.05) is 23.3 Å². The first kappa shape index (κ1) is 13.1. The predicted octanol–water partition coefficient (Wildman–Crippen LogP) is 3.10. The van der Waals surface area contributed by atoms with Gasteiger partial charge in [-0.1, -0.05) is 11.6 Å². The number of hydrogen-bond acceptors (Lipinski definition) is 3. The van der Waals surface area contributed by atoms with Crippen molar-refractivity contribution >= 4 is 34.7 Å². The molecule has 1 heterocycles. The van der Waals surface area contributed by atoms with Crippen LogP contribution in [0.25, 0.3) is 0 Å². The van der Waals surface area contributed by atoms with Gasteiger partial charge in [0.1, 0.15) is 0 Å². The van der Waals surface area contributed by atoms with Gasteiger partial charge in [-0.3, -0.25) is 9.59 Å². The molecular formula is C16H17ClN2O2. The van der Waals surface area contributed by atoms with Gasteiger partial charge < -0.3 is 10.2 Å². The summed E-state index contributed by atoms with van der Waals surface area (Å²) < 4.78 is 0. The van der Waals surface area contributed by atoms with E-state index in [1.807, 2.05) is 6.07 Å². The second-order valence-electron chi connectivity index (χ2n) is 6.42. The minimum absolute atomic E-state index is 0.395. The molecule has 21 heavy (non-hydrogen) atoms. The van der Waals surface area contributed by atoms with Crippen molar-refractivity contribution in [2.45, 2.75) is 25.7 Å². The normalized spacial score (nSPS) is 20.4. The van der Waals surface area contributed by atoms with Crippen molar-refractivity contribution in [3.63, 3.8) is 0 Å². The molecule has 2 saturated carbocycles. The minimum atomic E-state index is -0.561. The van der Waals surface area contributed by atoms with E-state index in [1.165, 1.54) is 25.7 Å². The lowest BCUT2D eigenvalue weighted by Crippen LogP contribution is -2.28. The lowest BCUT2D eigenvalue weighted by molar-refractivity contribution is -0.112. The summed E-state index contributed by atoms with van der Waals surface area (Å²) in [5, 5.41) is 3.20. The monoisotopic (exact) mass is 304 g/mol. The van der Waals surface area contributed by atoms with E-state index in [0.29, 0.717) is 16.3 Å². The standard InChI is InChI=1S/C16H17ClN2O2/c17-12-5-11-13(18-16(21)15(11)20)6-14(12)19(7-9-1-2-9)8-10-3-4-10/h5-6,9-10H,1-4,7-8H2,(H,18,20,21). The highest BCUT2D eigenvalue weighted by atomic mass is 35.5. The molecule has 1 aliphatic heterocycles. The number of ketones is 1. The number of benzene rings is 1. The van der Waals surface area contributed by atoms with Gasteiger partial charge in [0, 0.05) is 13.1 Å². The topological polar surface area (TPSA) is 49.4 Å². The van der Waals surface area contributed by atoms with Crippen molar-refractivity contribution in [1.82, 2.24) is 0 Å². The van der Waals surface area contributed by atoms with Crippen molar-refractivity contribution in [1.29, 1.82) is 0 Å². The Morgan fingerprint density at radius 2 is 1.71 bits per heavy atom. The zero-order chi connectivity index (χ0) is 14.6. The van der Waals surface area contributed by atoms with Gasteiger partial charge in [-0.25, -0.2) is 0 Å². The third-order valence-electron chi connectivity index (χ3n) is 4.48. The van der Waals surface area contributed by atoms with E-state index < -0.39 is 11.7 Å². The summed E-state index contributed by atoms with van der Waals surface area (Å²) in [5.41, 5.74) is 1.94. The van der Waals surface area contributed by atoms with E-state index >= 15 is 0 Å². The molecule has 0 aromatic heterocycles. The second kappa shape index (κ2) is 4.73. The number of nitrogens with one attached hydrogen (secondary N) is 1. The molecule has 1 aromatic rings. The van der Waals surface area contributed by atoms with Crippen LogP contribution in [0, 0.1) is 11.8 Å². The second-order valence-corrected chi connectivity index (χ2v) is 6.83. The Balaban J connectivity index is 1.67. The van der Waals surface area contributed by atoms with Gasteiger partial charge in [-0.2, -0.15) is 0 Å². The van der Waals surface area contributed by atoms with Crippen molar-refractivity contribution in [3.8, 4) is 0 Å². The smallest absolute Gasteiger partial charge is 0.296 e. The summed E-state index contributed by atoms with van der Waals surface area (Å²) in [6, 6.07) is 3.50. The number of carbonyl (C=O) groups is 2. The number of halogens is 1. The molecule has 0 spiro atoms. The van der Waals surface area contributed by atoms with Crippen LogP contribution >= 0.6 is 11.6 Å². The Hall–Kier alpha value is -1.55. The van der Waals surface area contributed by atoms with Crippen LogP contribution in [0.5, 0.6) is 0 Å². The fourth-order valence-corrected chi connectivity index (χ4v) is 3.18. The zero-order valence-electron chi connectivity index (χ0n) is 11.7. The number of carbonyl (C=O) groups excluding carboxylic acids is 2. The molecule has 1 N–H and O–H groups in total. The van der Waals surface area contributed by atoms with Crippen LogP contribution in [-0.4, -0.2) is 24.8 Å². The average Bonchev–Trinajstić information content (AvgIpc) is 3.34. The Bertz CT molecular complexity index is 621. The van der Waals surface area contributed by atoms with E-state index in [1.54, 1.807) is 6.07 Å². The predicted molar refractivity (Wildman–Crippen MR) is 82.1 cm³/mol. The van der Waals surface area contributed by atoms with Gasteiger partial charge in [-0.05, 0) is 49.7 Å². The van der Waals surface area contributed by atoms with E-state index in [4.69, 9.17) is 11.6 Å². The van der Waals surface area contributed by atoms with Gasteiger partial charge in [0.15, 0.2) is 0 Å². The quantitative estimate of drug-likeness (QED) is 0.850. The molecule has 0 unspecified atom stereocenters. The first-order chi connectivity index (χ1) is 10.1. The van der Waals surface area contributed by atoms with Gasteiger partial charge >= 0.3 is 0 Å². The number of amides is 1. The maximum Gasteiger partial charge on any atom is 0.296 e. The van der Waals surface area contributed by atoms with Gasteiger partial charge in [0.25, 0.3) is 11.7 Å². The summed E-state index contributed by atoms with van der Waals surface area (Å²) in [5.74, 6) is 0.483. The number of fused-ring (bicyclic) bond motifs is 1. The van der Waals surface area contributed by atoms with Crippen LogP contribution in [0.1, 0.15) is 36.0 Å². The van der Waals surface area contributed by atoms with Crippen LogP contribution in [0.3, 0.4) is 0 Å². The highest BCUT2D eigenvalue weighted by Gasteiger charge is 2.33. The average molecular weight is 305 g/mol. The summed E-state index contributed by atoms with van der Waals surface area (Å²) in [4.78, 5) is 25.5. The molecule has 1 aromatic carbocycles. The molecule has 0 atom stereocenters. The Morgan fingerprint density at radius 3 is 2.29 bits per heavy atom. The number of anilines is 2. The Kier molecular flexibility index (Phi) is 2.96. The lowest BCUT2D eigenvalue weighted by Gasteiger charge is -2.26. The minimum Gasteiger partial charge on any atom is -0.370 e. The van der Waals surface area contributed by atoms with Crippen LogP contribution < -0.4 is 10.2 Å². The van der Waals surface area contributed by atoms with Crippen molar-refractivity contribution in [2.24, 2.45) is 11.8 Å². The van der Waals surface area contributed by atoms with Crippen LogP contribution in [0.15, 0.2) is 12.1 Å². The van der Waals surface area contributed by atoms with Crippen molar-refractivity contribution < 1.29 is 9.59 Å². The molecule has 0 radical (unpaired) electrons. The van der Waals surface area contributed by atoms with Gasteiger partial charge in [0.2, 0.25) is 0 Å². The summed E-state index contributed by atoms with van der Waals surface area (Å²) in [6.07, 6.45) is 5.16. The van der Waals surface area contributed by atoms with Gasteiger partial charge in [0.05, 0.1) is 22.0 Å². The van der Waals surface area contributed by atoms with E-state index in [0.717, 1.165) is 30.6 Å². The van der Waals surface area contributed by atoms with E-state index in [2.05, 4.69) is 10.2 Å². The molecule has 2 fully saturated rings. The number of Topliss-reactive ketones (excluding diaryl/α,β-unsaturated/α-hetero) is 1. The Morgan fingerprint density at radius 1 is 1.10 bits per heavy atom. The maximum absolute atomic E-state index is 11.7. The highest BCUT2D eigenvalue weighted by molar-refractivity contribution is 6.52. The first-order valence-electron chi connectivity index (χ1n) is 7.56. The summed E-state index contributed by atoms with van der Waals surface area (Å²) in [7, 11) is 0. The Labute approximate surface area is 128 Å². The molecule has 1 amide bonds. The molecule has 2 aliphatic carbocycles. The first-order valence-corrected chi connectivity index (χ1v) is 7.94. The number of rotatable bonds is 5. The maximum atomic E-state index is 11.7. The van der Waals surface area contributed by atoms with E-state index in [9.17, 15) is 9.59 Å². The SMILES string of the molecule is O=C1Nc2cc(N(CC3CC3)CC3CC3)c(Cl)cc2C1=O. The molecular weight excluding hydrogens is 288 g/mol. The zero-order valence-corrected chi connectivity index (χ0v) is 12.4. The highest BCUT2D eigenvalue weighted by Crippen LogP contribution is 2.40. The fraction of sp³-hybridized carbons (Fsp3) is 0.500. The third-order valence-corrected chi connectivity index (χ3v) is 4.78. The van der Waals surface area contributed by atoms with Gasteiger partial charge in [-0.15, -0.1) is 0 Å². The van der Waals surface area contributed by atoms with Crippen LogP contribution in [0.2, 0.25) is 5.02 Å². The third kappa shape index (κ3) is 2.53. The van der Waals surface area contributed by atoms with Crippen molar-refractivity contribution in [3.05, 3.63) is 22.7 Å². The number of nitrogens with zero attached hydrogens (tertiary/aromatic N) is 1. The molecule has 4 rings (SSSR count). The van der Waals surface area contributed by atoms with Crippen LogP contribution in [0.4, 0.5) is 11.4 Å². The molecule has 0 saturated heterocycles. The largest absolute Gasteiger partial charge is 0.370 e. The van der Waals surface area contributed by atoms with E-state index in [-0.39, 0.29) is 0 Å². The fourth-order valence-electron chi connectivity index (χ4n) is 2.89. The molecule has 5 heteroatoms. The summed E-state index contributed by atoms with van der Waals surface area (Å²) >= 11 is 6.39.